The standard InChI is InChI=1S/C16H12Cl2FNO2/c17-12-2-4-15-11(5-12)8-20(16(21)9-22-15)7-10-1-3-13(19)6-14(10)18/h1-6H,7-9H2. The van der Waals surface area contributed by atoms with Gasteiger partial charge >= 0.3 is 0 Å². The molecule has 3 rings (SSSR count). The molecule has 3 nitrogen and oxygen atoms in total. The second kappa shape index (κ2) is 6.15. The van der Waals surface area contributed by atoms with E-state index >= 15 is 0 Å². The molecule has 1 heterocycles. The van der Waals surface area contributed by atoms with E-state index in [1.807, 2.05) is 0 Å². The first-order chi connectivity index (χ1) is 10.5. The molecule has 2 aromatic carbocycles. The molecule has 0 fully saturated rings. The van der Waals surface area contributed by atoms with E-state index in [1.54, 1.807) is 29.2 Å². The second-order valence-corrected chi connectivity index (χ2v) is 5.87. The molecular formula is C16H12Cl2FNO2. The van der Waals surface area contributed by atoms with Crippen LogP contribution in [-0.2, 0) is 17.9 Å². The van der Waals surface area contributed by atoms with E-state index in [9.17, 15) is 9.18 Å². The molecule has 0 saturated heterocycles. The summed E-state index contributed by atoms with van der Waals surface area (Å²) in [5.41, 5.74) is 1.51. The van der Waals surface area contributed by atoms with Crippen LogP contribution in [0, 0.1) is 5.82 Å². The Morgan fingerprint density at radius 1 is 1.18 bits per heavy atom. The van der Waals surface area contributed by atoms with Gasteiger partial charge in [0.25, 0.3) is 5.91 Å². The summed E-state index contributed by atoms with van der Waals surface area (Å²) in [5, 5.41) is 0.876. The van der Waals surface area contributed by atoms with Crippen LogP contribution in [0.4, 0.5) is 4.39 Å². The number of nitrogens with zero attached hydrogens (tertiary/aromatic N) is 1. The molecular weight excluding hydrogens is 328 g/mol. The molecule has 0 spiro atoms. The van der Waals surface area contributed by atoms with Crippen molar-refractivity contribution in [1.29, 1.82) is 0 Å². The zero-order chi connectivity index (χ0) is 15.7. The molecule has 0 aromatic heterocycles. The summed E-state index contributed by atoms with van der Waals surface area (Å²) in [6.07, 6.45) is 0. The molecule has 0 radical (unpaired) electrons. The van der Waals surface area contributed by atoms with Gasteiger partial charge in [0, 0.05) is 28.7 Å². The first-order valence-corrected chi connectivity index (χ1v) is 7.41. The molecule has 1 aliphatic rings. The van der Waals surface area contributed by atoms with E-state index in [2.05, 4.69) is 0 Å². The first-order valence-electron chi connectivity index (χ1n) is 6.66. The number of hydrogen-bond donors (Lipinski definition) is 0. The molecule has 0 bridgehead atoms. The van der Waals surface area contributed by atoms with E-state index in [1.165, 1.54) is 12.1 Å². The van der Waals surface area contributed by atoms with Gasteiger partial charge in [-0.1, -0.05) is 29.3 Å². The highest BCUT2D eigenvalue weighted by Crippen LogP contribution is 2.28. The van der Waals surface area contributed by atoms with Gasteiger partial charge in [0.2, 0.25) is 0 Å². The van der Waals surface area contributed by atoms with Crippen molar-refractivity contribution < 1.29 is 13.9 Å². The lowest BCUT2D eigenvalue weighted by atomic mass is 10.1. The minimum Gasteiger partial charge on any atom is -0.483 e. The van der Waals surface area contributed by atoms with Gasteiger partial charge in [0.15, 0.2) is 6.61 Å². The Hall–Kier alpha value is -1.78. The minimum atomic E-state index is -0.406. The fraction of sp³-hybridized carbons (Fsp3) is 0.188. The number of fused-ring (bicyclic) bond motifs is 1. The zero-order valence-corrected chi connectivity index (χ0v) is 13.0. The van der Waals surface area contributed by atoms with Crippen molar-refractivity contribution in [2.45, 2.75) is 13.1 Å². The lowest BCUT2D eigenvalue weighted by Crippen LogP contribution is -2.32. The van der Waals surface area contributed by atoms with Gasteiger partial charge in [-0.15, -0.1) is 0 Å². The normalized spacial score (nSPS) is 14.3. The molecule has 0 aliphatic carbocycles. The van der Waals surface area contributed by atoms with Crippen molar-refractivity contribution in [2.75, 3.05) is 6.61 Å². The minimum absolute atomic E-state index is 0.0482. The van der Waals surface area contributed by atoms with Gasteiger partial charge in [-0.2, -0.15) is 0 Å². The molecule has 0 atom stereocenters. The highest BCUT2D eigenvalue weighted by Gasteiger charge is 2.22. The maximum Gasteiger partial charge on any atom is 0.261 e. The molecule has 1 amide bonds. The maximum absolute atomic E-state index is 13.1. The number of halogens is 3. The van der Waals surface area contributed by atoms with Crippen LogP contribution in [0.2, 0.25) is 10.0 Å². The van der Waals surface area contributed by atoms with Crippen LogP contribution in [-0.4, -0.2) is 17.4 Å². The van der Waals surface area contributed by atoms with Crippen LogP contribution in [0.15, 0.2) is 36.4 Å². The number of amides is 1. The van der Waals surface area contributed by atoms with E-state index < -0.39 is 5.82 Å². The Labute approximate surface area is 137 Å². The number of rotatable bonds is 2. The fourth-order valence-electron chi connectivity index (χ4n) is 2.34. The molecule has 22 heavy (non-hydrogen) atoms. The predicted molar refractivity (Wildman–Crippen MR) is 82.6 cm³/mol. The first kappa shape index (κ1) is 15.1. The number of hydrogen-bond acceptors (Lipinski definition) is 2. The Morgan fingerprint density at radius 2 is 2.00 bits per heavy atom. The van der Waals surface area contributed by atoms with Crippen LogP contribution in [0.3, 0.4) is 0 Å². The fourth-order valence-corrected chi connectivity index (χ4v) is 2.76. The van der Waals surface area contributed by atoms with Crippen LogP contribution in [0.25, 0.3) is 0 Å². The zero-order valence-electron chi connectivity index (χ0n) is 11.5. The summed E-state index contributed by atoms with van der Waals surface area (Å²) in [4.78, 5) is 13.8. The molecule has 0 unspecified atom stereocenters. The Kier molecular flexibility index (Phi) is 4.23. The highest BCUT2D eigenvalue weighted by molar-refractivity contribution is 6.31. The Bertz CT molecular complexity index is 736. The van der Waals surface area contributed by atoms with Gasteiger partial charge in [-0.25, -0.2) is 4.39 Å². The highest BCUT2D eigenvalue weighted by atomic mass is 35.5. The van der Waals surface area contributed by atoms with Crippen molar-refractivity contribution in [3.63, 3.8) is 0 Å². The van der Waals surface area contributed by atoms with E-state index in [-0.39, 0.29) is 19.1 Å². The van der Waals surface area contributed by atoms with Crippen LogP contribution >= 0.6 is 23.2 Å². The average Bonchev–Trinajstić information content (AvgIpc) is 2.62. The van der Waals surface area contributed by atoms with Crippen LogP contribution < -0.4 is 4.74 Å². The summed E-state index contributed by atoms with van der Waals surface area (Å²) in [5.74, 6) is 0.0783. The van der Waals surface area contributed by atoms with Gasteiger partial charge < -0.3 is 9.64 Å². The lowest BCUT2D eigenvalue weighted by molar-refractivity contribution is -0.133. The summed E-state index contributed by atoms with van der Waals surface area (Å²) in [7, 11) is 0. The van der Waals surface area contributed by atoms with Crippen LogP contribution in [0.1, 0.15) is 11.1 Å². The number of benzene rings is 2. The van der Waals surface area contributed by atoms with E-state index in [0.29, 0.717) is 27.9 Å². The number of ether oxygens (including phenoxy) is 1. The third kappa shape index (κ3) is 3.18. The van der Waals surface area contributed by atoms with Crippen molar-refractivity contribution in [1.82, 2.24) is 4.90 Å². The summed E-state index contributed by atoms with van der Waals surface area (Å²) in [6, 6.07) is 9.38. The van der Waals surface area contributed by atoms with Crippen molar-refractivity contribution in [3.8, 4) is 5.75 Å². The largest absolute Gasteiger partial charge is 0.483 e. The van der Waals surface area contributed by atoms with Gasteiger partial charge in [-0.05, 0) is 35.9 Å². The molecule has 0 saturated carbocycles. The molecule has 6 heteroatoms. The lowest BCUT2D eigenvalue weighted by Gasteiger charge is -2.20. The Balaban J connectivity index is 1.87. The topological polar surface area (TPSA) is 29.5 Å². The predicted octanol–water partition coefficient (Wildman–Crippen LogP) is 4.05. The average molecular weight is 340 g/mol. The smallest absolute Gasteiger partial charge is 0.261 e. The molecule has 114 valence electrons. The Morgan fingerprint density at radius 3 is 2.77 bits per heavy atom. The third-order valence-electron chi connectivity index (χ3n) is 3.46. The second-order valence-electron chi connectivity index (χ2n) is 5.03. The number of carbonyl (C=O) groups is 1. The summed E-state index contributed by atoms with van der Waals surface area (Å²) in [6.45, 7) is 0.600. The molecule has 1 aliphatic heterocycles. The van der Waals surface area contributed by atoms with Gasteiger partial charge in [-0.3, -0.25) is 4.79 Å². The van der Waals surface area contributed by atoms with E-state index in [4.69, 9.17) is 27.9 Å². The van der Waals surface area contributed by atoms with Gasteiger partial charge in [0.05, 0.1) is 0 Å². The van der Waals surface area contributed by atoms with E-state index in [0.717, 1.165) is 5.56 Å². The van der Waals surface area contributed by atoms with Gasteiger partial charge in [0.1, 0.15) is 11.6 Å². The molecule has 2 aromatic rings. The maximum atomic E-state index is 13.1. The third-order valence-corrected chi connectivity index (χ3v) is 4.05. The molecule has 0 N–H and O–H groups in total. The monoisotopic (exact) mass is 339 g/mol. The number of carbonyl (C=O) groups excluding carboxylic acids is 1. The SMILES string of the molecule is O=C1COc2ccc(Cl)cc2CN1Cc1ccc(F)cc1Cl. The van der Waals surface area contributed by atoms with Crippen molar-refractivity contribution in [3.05, 3.63) is 63.4 Å². The summed E-state index contributed by atoms with van der Waals surface area (Å²) >= 11 is 12.0. The van der Waals surface area contributed by atoms with Crippen LogP contribution in [0.5, 0.6) is 5.75 Å². The van der Waals surface area contributed by atoms with Crippen molar-refractivity contribution in [2.24, 2.45) is 0 Å². The quantitative estimate of drug-likeness (QED) is 0.825. The summed E-state index contributed by atoms with van der Waals surface area (Å²) < 4.78 is 18.6. The van der Waals surface area contributed by atoms with Crippen molar-refractivity contribution >= 4 is 29.1 Å².